The van der Waals surface area contributed by atoms with Gasteiger partial charge in [-0.25, -0.2) is 4.98 Å². The first-order chi connectivity index (χ1) is 9.19. The maximum atomic E-state index is 6.03. The van der Waals surface area contributed by atoms with Gasteiger partial charge in [0.15, 0.2) is 0 Å². The summed E-state index contributed by atoms with van der Waals surface area (Å²) in [5.74, 6) is 0.903. The molecule has 1 aromatic heterocycles. The van der Waals surface area contributed by atoms with Crippen LogP contribution in [0.4, 0.5) is 0 Å². The molecule has 19 heavy (non-hydrogen) atoms. The Morgan fingerprint density at radius 3 is 2.84 bits per heavy atom. The zero-order chi connectivity index (χ0) is 13.7. The van der Waals surface area contributed by atoms with Gasteiger partial charge in [0.05, 0.1) is 16.9 Å². The third-order valence-electron chi connectivity index (χ3n) is 2.33. The van der Waals surface area contributed by atoms with Crippen LogP contribution in [0.1, 0.15) is 12.6 Å². The van der Waals surface area contributed by atoms with Crippen LogP contribution in [-0.2, 0) is 6.54 Å². The number of halogens is 2. The smallest absolute Gasteiger partial charge is 0.238 e. The first kappa shape index (κ1) is 14.1. The summed E-state index contributed by atoms with van der Waals surface area (Å²) in [5.41, 5.74) is 0.810. The van der Waals surface area contributed by atoms with Crippen LogP contribution >= 0.6 is 23.2 Å². The lowest BCUT2D eigenvalue weighted by atomic mass is 10.3. The highest BCUT2D eigenvalue weighted by Gasteiger charge is 2.06. The van der Waals surface area contributed by atoms with E-state index in [1.807, 2.05) is 6.92 Å². The summed E-state index contributed by atoms with van der Waals surface area (Å²) in [6, 6.07) is 5.02. The lowest BCUT2D eigenvalue weighted by Gasteiger charge is -2.08. The van der Waals surface area contributed by atoms with Crippen LogP contribution in [-0.4, -0.2) is 16.5 Å². The van der Waals surface area contributed by atoms with E-state index >= 15 is 0 Å². The predicted molar refractivity (Wildman–Crippen MR) is 75.9 cm³/mol. The van der Waals surface area contributed by atoms with E-state index in [-0.39, 0.29) is 0 Å². The Morgan fingerprint density at radius 2 is 2.11 bits per heavy atom. The van der Waals surface area contributed by atoms with E-state index in [4.69, 9.17) is 27.9 Å². The van der Waals surface area contributed by atoms with Crippen molar-refractivity contribution < 1.29 is 4.74 Å². The van der Waals surface area contributed by atoms with Crippen molar-refractivity contribution in [3.63, 3.8) is 0 Å². The summed E-state index contributed by atoms with van der Waals surface area (Å²) in [6.07, 6.45) is 3.24. The van der Waals surface area contributed by atoms with Crippen molar-refractivity contribution in [2.24, 2.45) is 0 Å². The number of hydrogen-bond acceptors (Lipinski definition) is 4. The standard InChI is InChI=1S/C13H13Cl2N3O/c1-2-16-6-10-7-17-8-13(18-10)19-12-4-3-9(14)5-11(12)15/h3-5,7-8,16H,2,6H2,1H3. The molecule has 0 bridgehead atoms. The molecule has 1 heterocycles. The number of nitrogens with one attached hydrogen (secondary N) is 1. The number of benzene rings is 1. The van der Waals surface area contributed by atoms with Gasteiger partial charge in [0.25, 0.3) is 0 Å². The van der Waals surface area contributed by atoms with Gasteiger partial charge >= 0.3 is 0 Å². The second-order valence-corrected chi connectivity index (χ2v) is 4.65. The average molecular weight is 298 g/mol. The first-order valence-electron chi connectivity index (χ1n) is 5.83. The molecule has 0 atom stereocenters. The van der Waals surface area contributed by atoms with Crippen LogP contribution in [0.3, 0.4) is 0 Å². The predicted octanol–water partition coefficient (Wildman–Crippen LogP) is 3.69. The maximum Gasteiger partial charge on any atom is 0.238 e. The molecule has 0 aliphatic carbocycles. The highest BCUT2D eigenvalue weighted by atomic mass is 35.5. The molecule has 2 aromatic rings. The Bertz CT molecular complexity index is 563. The quantitative estimate of drug-likeness (QED) is 0.914. The van der Waals surface area contributed by atoms with Gasteiger partial charge in [-0.3, -0.25) is 4.98 Å². The van der Waals surface area contributed by atoms with Crippen LogP contribution in [0.25, 0.3) is 0 Å². The van der Waals surface area contributed by atoms with Gasteiger partial charge in [0, 0.05) is 17.8 Å². The molecule has 1 aromatic carbocycles. The van der Waals surface area contributed by atoms with Crippen LogP contribution < -0.4 is 10.1 Å². The van der Waals surface area contributed by atoms with E-state index in [2.05, 4.69) is 15.3 Å². The fourth-order valence-corrected chi connectivity index (χ4v) is 1.89. The molecule has 0 spiro atoms. The minimum absolute atomic E-state index is 0.402. The van der Waals surface area contributed by atoms with Crippen LogP contribution in [0.5, 0.6) is 11.6 Å². The highest BCUT2D eigenvalue weighted by molar-refractivity contribution is 6.35. The summed E-state index contributed by atoms with van der Waals surface area (Å²) < 4.78 is 5.59. The van der Waals surface area contributed by atoms with Gasteiger partial charge < -0.3 is 10.1 Å². The molecule has 0 amide bonds. The van der Waals surface area contributed by atoms with Crippen molar-refractivity contribution in [1.29, 1.82) is 0 Å². The second kappa shape index (κ2) is 6.70. The number of hydrogen-bond donors (Lipinski definition) is 1. The van der Waals surface area contributed by atoms with Crippen LogP contribution in [0.15, 0.2) is 30.6 Å². The Hall–Kier alpha value is -1.36. The van der Waals surface area contributed by atoms with Crippen LogP contribution in [0.2, 0.25) is 10.0 Å². The second-order valence-electron chi connectivity index (χ2n) is 3.81. The fourth-order valence-electron chi connectivity index (χ4n) is 1.44. The Balaban J connectivity index is 2.14. The Kier molecular flexibility index (Phi) is 4.96. The molecule has 0 fully saturated rings. The lowest BCUT2D eigenvalue weighted by Crippen LogP contribution is -2.13. The number of rotatable bonds is 5. The maximum absolute atomic E-state index is 6.03. The number of nitrogens with zero attached hydrogens (tertiary/aromatic N) is 2. The van der Waals surface area contributed by atoms with Gasteiger partial charge in [-0.2, -0.15) is 0 Å². The van der Waals surface area contributed by atoms with Crippen molar-refractivity contribution in [2.45, 2.75) is 13.5 Å². The molecular weight excluding hydrogens is 285 g/mol. The average Bonchev–Trinajstić information content (AvgIpc) is 2.40. The monoisotopic (exact) mass is 297 g/mol. The van der Waals surface area contributed by atoms with E-state index in [9.17, 15) is 0 Å². The molecular formula is C13H13Cl2N3O. The SMILES string of the molecule is CCNCc1cncc(Oc2ccc(Cl)cc2Cl)n1. The normalized spacial score (nSPS) is 10.5. The zero-order valence-electron chi connectivity index (χ0n) is 10.4. The summed E-state index contributed by atoms with van der Waals surface area (Å²) >= 11 is 11.9. The zero-order valence-corrected chi connectivity index (χ0v) is 11.9. The van der Waals surface area contributed by atoms with Gasteiger partial charge in [0.2, 0.25) is 5.88 Å². The van der Waals surface area contributed by atoms with Gasteiger partial charge in [0.1, 0.15) is 5.75 Å². The molecule has 0 saturated heterocycles. The van der Waals surface area contributed by atoms with Crippen molar-refractivity contribution in [2.75, 3.05) is 6.54 Å². The van der Waals surface area contributed by atoms with E-state index in [0.29, 0.717) is 28.2 Å². The number of ether oxygens (including phenoxy) is 1. The minimum atomic E-state index is 0.402. The van der Waals surface area contributed by atoms with Crippen molar-refractivity contribution >= 4 is 23.2 Å². The molecule has 0 aliphatic heterocycles. The molecule has 4 nitrogen and oxygen atoms in total. The third-order valence-corrected chi connectivity index (χ3v) is 2.86. The molecule has 2 rings (SSSR count). The number of aromatic nitrogens is 2. The minimum Gasteiger partial charge on any atom is -0.436 e. The molecule has 0 unspecified atom stereocenters. The summed E-state index contributed by atoms with van der Waals surface area (Å²) in [4.78, 5) is 8.41. The third kappa shape index (κ3) is 4.06. The molecule has 6 heteroatoms. The molecule has 0 radical (unpaired) electrons. The van der Waals surface area contributed by atoms with E-state index in [1.54, 1.807) is 30.6 Å². The molecule has 0 saturated carbocycles. The first-order valence-corrected chi connectivity index (χ1v) is 6.59. The van der Waals surface area contributed by atoms with E-state index in [0.717, 1.165) is 12.2 Å². The fraction of sp³-hybridized carbons (Fsp3) is 0.231. The topological polar surface area (TPSA) is 47.0 Å². The molecule has 1 N–H and O–H groups in total. The molecule has 100 valence electrons. The van der Waals surface area contributed by atoms with E-state index in [1.165, 1.54) is 0 Å². The van der Waals surface area contributed by atoms with Crippen molar-refractivity contribution in [3.8, 4) is 11.6 Å². The van der Waals surface area contributed by atoms with E-state index < -0.39 is 0 Å². The lowest BCUT2D eigenvalue weighted by molar-refractivity contribution is 0.456. The summed E-state index contributed by atoms with van der Waals surface area (Å²) in [6.45, 7) is 3.55. The Morgan fingerprint density at radius 1 is 1.26 bits per heavy atom. The summed E-state index contributed by atoms with van der Waals surface area (Å²) in [7, 11) is 0. The van der Waals surface area contributed by atoms with Crippen LogP contribution in [0, 0.1) is 0 Å². The van der Waals surface area contributed by atoms with Crippen molar-refractivity contribution in [1.82, 2.24) is 15.3 Å². The van der Waals surface area contributed by atoms with Gasteiger partial charge in [-0.15, -0.1) is 0 Å². The largest absolute Gasteiger partial charge is 0.436 e. The Labute approximate surface area is 121 Å². The van der Waals surface area contributed by atoms with Gasteiger partial charge in [-0.1, -0.05) is 30.1 Å². The summed E-state index contributed by atoms with van der Waals surface area (Å²) in [5, 5.41) is 4.17. The molecule has 0 aliphatic rings. The van der Waals surface area contributed by atoms with Crippen molar-refractivity contribution in [3.05, 3.63) is 46.3 Å². The highest BCUT2D eigenvalue weighted by Crippen LogP contribution is 2.30. The van der Waals surface area contributed by atoms with Gasteiger partial charge in [-0.05, 0) is 24.7 Å².